The molecule has 0 bridgehead atoms. The minimum absolute atomic E-state index is 0.0886. The van der Waals surface area contributed by atoms with E-state index in [1.165, 1.54) is 6.33 Å². The van der Waals surface area contributed by atoms with Gasteiger partial charge in [-0.15, -0.1) is 0 Å². The number of aromatic nitrogens is 4. The smallest absolute Gasteiger partial charge is 0.320 e. The van der Waals surface area contributed by atoms with E-state index in [9.17, 15) is 5.11 Å². The predicted molar refractivity (Wildman–Crippen MR) is 123 cm³/mol. The van der Waals surface area contributed by atoms with Crippen molar-refractivity contribution < 1.29 is 19.3 Å². The van der Waals surface area contributed by atoms with Gasteiger partial charge in [0.25, 0.3) is 0 Å². The molecule has 4 atom stereocenters. The highest BCUT2D eigenvalue weighted by molar-refractivity contribution is 6.42. The molecule has 33 heavy (non-hydrogen) atoms. The first-order valence-electron chi connectivity index (χ1n) is 11.0. The summed E-state index contributed by atoms with van der Waals surface area (Å²) in [5.74, 6) is 0.222. The standard InChI is InChI=1S/C22H25Cl2N5O4/c1-11-18(31-9-12-6-7-14(23)15(24)8-12)17(30)21(32-11)29-10-26-16-19(25)27-22(28-20(16)29)33-13-4-2-3-5-13/h6-8,10-11,13,17-18,21,30H,2-5,9H2,1H3,(H2,25,27,28)/t11-,17-,18-,21-/m1/s1. The van der Waals surface area contributed by atoms with E-state index >= 15 is 0 Å². The van der Waals surface area contributed by atoms with Crippen LogP contribution in [0.25, 0.3) is 11.2 Å². The van der Waals surface area contributed by atoms with Crippen LogP contribution in [0.2, 0.25) is 10.0 Å². The van der Waals surface area contributed by atoms with E-state index < -0.39 is 18.4 Å². The van der Waals surface area contributed by atoms with Crippen LogP contribution in [0.1, 0.15) is 44.4 Å². The monoisotopic (exact) mass is 493 g/mol. The average Bonchev–Trinajstić information content (AvgIpc) is 3.50. The SMILES string of the molecule is C[C@H]1O[C@@H](n2cnc3c(N)nc(OC4CCCC4)nc32)[C@H](O)[C@@H]1OCc1ccc(Cl)c(Cl)c1. The third kappa shape index (κ3) is 4.48. The molecular formula is C22H25Cl2N5O4. The van der Waals surface area contributed by atoms with Crippen LogP contribution in [0, 0.1) is 0 Å². The second-order valence-electron chi connectivity index (χ2n) is 8.49. The lowest BCUT2D eigenvalue weighted by Crippen LogP contribution is -2.33. The van der Waals surface area contributed by atoms with Gasteiger partial charge in [-0.25, -0.2) is 4.98 Å². The average molecular weight is 494 g/mol. The van der Waals surface area contributed by atoms with Crippen LogP contribution in [-0.4, -0.2) is 49.0 Å². The lowest BCUT2D eigenvalue weighted by atomic mass is 10.1. The first-order chi connectivity index (χ1) is 15.9. The fourth-order valence-corrected chi connectivity index (χ4v) is 4.74. The minimum Gasteiger partial charge on any atom is -0.460 e. The Morgan fingerprint density at radius 3 is 2.76 bits per heavy atom. The molecule has 11 heteroatoms. The molecule has 5 rings (SSSR count). The normalized spacial score (nSPS) is 25.8. The quantitative estimate of drug-likeness (QED) is 0.530. The molecule has 0 radical (unpaired) electrons. The van der Waals surface area contributed by atoms with Gasteiger partial charge in [-0.3, -0.25) is 4.57 Å². The number of imidazole rings is 1. The van der Waals surface area contributed by atoms with Crippen LogP contribution in [0.15, 0.2) is 24.5 Å². The van der Waals surface area contributed by atoms with Crippen molar-refractivity contribution in [2.45, 2.75) is 69.9 Å². The van der Waals surface area contributed by atoms with Crippen molar-refractivity contribution in [2.75, 3.05) is 5.73 Å². The fraction of sp³-hybridized carbons (Fsp3) is 0.500. The molecule has 3 heterocycles. The minimum atomic E-state index is -0.962. The zero-order chi connectivity index (χ0) is 23.1. The second-order valence-corrected chi connectivity index (χ2v) is 9.30. The lowest BCUT2D eigenvalue weighted by molar-refractivity contribution is -0.0425. The van der Waals surface area contributed by atoms with Crippen molar-refractivity contribution >= 4 is 40.2 Å². The molecule has 9 nitrogen and oxygen atoms in total. The number of aliphatic hydroxyl groups excluding tert-OH is 1. The topological polar surface area (TPSA) is 118 Å². The van der Waals surface area contributed by atoms with Gasteiger partial charge in [0.1, 0.15) is 18.3 Å². The van der Waals surface area contributed by atoms with Crippen molar-refractivity contribution in [1.29, 1.82) is 0 Å². The van der Waals surface area contributed by atoms with Crippen LogP contribution in [-0.2, 0) is 16.1 Å². The van der Waals surface area contributed by atoms with Gasteiger partial charge in [0.2, 0.25) is 0 Å². The summed E-state index contributed by atoms with van der Waals surface area (Å²) in [5.41, 5.74) is 7.82. The fourth-order valence-electron chi connectivity index (χ4n) is 4.42. The van der Waals surface area contributed by atoms with Crippen LogP contribution in [0.5, 0.6) is 6.01 Å². The van der Waals surface area contributed by atoms with Gasteiger partial charge in [0, 0.05) is 0 Å². The number of aliphatic hydroxyl groups is 1. The molecule has 3 N–H and O–H groups in total. The molecule has 0 unspecified atom stereocenters. The number of nitrogens with two attached hydrogens (primary N) is 1. The van der Waals surface area contributed by atoms with E-state index in [0.717, 1.165) is 31.2 Å². The van der Waals surface area contributed by atoms with Crippen molar-refractivity contribution in [2.24, 2.45) is 0 Å². The highest BCUT2D eigenvalue weighted by atomic mass is 35.5. The molecule has 1 saturated heterocycles. The number of benzene rings is 1. The van der Waals surface area contributed by atoms with E-state index in [4.69, 9.17) is 43.1 Å². The van der Waals surface area contributed by atoms with Crippen LogP contribution < -0.4 is 10.5 Å². The van der Waals surface area contributed by atoms with Gasteiger partial charge in [-0.2, -0.15) is 9.97 Å². The lowest BCUT2D eigenvalue weighted by Gasteiger charge is -2.20. The molecule has 1 aromatic carbocycles. The summed E-state index contributed by atoms with van der Waals surface area (Å²) in [6.45, 7) is 2.10. The van der Waals surface area contributed by atoms with Gasteiger partial charge in [-0.05, 0) is 50.3 Å². The molecular weight excluding hydrogens is 469 g/mol. The number of halogens is 2. The maximum atomic E-state index is 11.0. The third-order valence-corrected chi connectivity index (χ3v) is 6.89. The number of anilines is 1. The number of fused-ring (bicyclic) bond motifs is 1. The van der Waals surface area contributed by atoms with E-state index in [2.05, 4.69) is 15.0 Å². The molecule has 2 aromatic heterocycles. The molecule has 176 valence electrons. The Bertz CT molecular complexity index is 1150. The van der Waals surface area contributed by atoms with Crippen molar-refractivity contribution in [3.05, 3.63) is 40.1 Å². The van der Waals surface area contributed by atoms with E-state index in [-0.39, 0.29) is 30.6 Å². The summed E-state index contributed by atoms with van der Waals surface area (Å²) in [6.07, 6.45) is 3.17. The molecule has 2 aliphatic rings. The summed E-state index contributed by atoms with van der Waals surface area (Å²) >= 11 is 12.1. The zero-order valence-electron chi connectivity index (χ0n) is 18.0. The van der Waals surface area contributed by atoms with E-state index in [0.29, 0.717) is 21.2 Å². The summed E-state index contributed by atoms with van der Waals surface area (Å²) in [6, 6.07) is 5.49. The maximum Gasteiger partial charge on any atom is 0.320 e. The van der Waals surface area contributed by atoms with Crippen LogP contribution in [0.3, 0.4) is 0 Å². The second kappa shape index (κ2) is 9.23. The van der Waals surface area contributed by atoms with Crippen molar-refractivity contribution in [3.8, 4) is 6.01 Å². The maximum absolute atomic E-state index is 11.0. The molecule has 1 aliphatic carbocycles. The van der Waals surface area contributed by atoms with Gasteiger partial charge in [0.15, 0.2) is 23.2 Å². The largest absolute Gasteiger partial charge is 0.460 e. The highest BCUT2D eigenvalue weighted by Crippen LogP contribution is 2.35. The summed E-state index contributed by atoms with van der Waals surface area (Å²) < 4.78 is 19.6. The predicted octanol–water partition coefficient (Wildman–Crippen LogP) is 3.90. The van der Waals surface area contributed by atoms with Crippen LogP contribution >= 0.6 is 23.2 Å². The van der Waals surface area contributed by atoms with Crippen LogP contribution in [0.4, 0.5) is 5.82 Å². The van der Waals surface area contributed by atoms with E-state index in [1.807, 2.05) is 13.0 Å². The molecule has 1 saturated carbocycles. The van der Waals surface area contributed by atoms with Crippen molar-refractivity contribution in [3.63, 3.8) is 0 Å². The van der Waals surface area contributed by atoms with E-state index in [1.54, 1.807) is 16.7 Å². The Morgan fingerprint density at radius 2 is 2.00 bits per heavy atom. The van der Waals surface area contributed by atoms with Crippen molar-refractivity contribution in [1.82, 2.24) is 19.5 Å². The number of nitrogens with zero attached hydrogens (tertiary/aromatic N) is 4. The summed E-state index contributed by atoms with van der Waals surface area (Å²) in [4.78, 5) is 13.1. The molecule has 3 aromatic rings. The van der Waals surface area contributed by atoms with Gasteiger partial charge >= 0.3 is 6.01 Å². The number of hydrogen-bond acceptors (Lipinski definition) is 8. The summed E-state index contributed by atoms with van der Waals surface area (Å²) in [5, 5.41) is 12.0. The van der Waals surface area contributed by atoms with Gasteiger partial charge < -0.3 is 25.1 Å². The Labute approximate surface area is 200 Å². The Balaban J connectivity index is 1.35. The first-order valence-corrected chi connectivity index (χ1v) is 11.7. The van der Waals surface area contributed by atoms with Gasteiger partial charge in [0.05, 0.1) is 29.1 Å². The number of rotatable bonds is 6. The molecule has 0 amide bonds. The zero-order valence-corrected chi connectivity index (χ0v) is 19.5. The molecule has 0 spiro atoms. The number of hydrogen-bond donors (Lipinski definition) is 2. The number of nitrogen functional groups attached to an aromatic ring is 1. The Morgan fingerprint density at radius 1 is 1.21 bits per heavy atom. The number of ether oxygens (including phenoxy) is 3. The highest BCUT2D eigenvalue weighted by Gasteiger charge is 2.44. The molecule has 1 aliphatic heterocycles. The first kappa shape index (κ1) is 22.6. The van der Waals surface area contributed by atoms with Gasteiger partial charge in [-0.1, -0.05) is 29.3 Å². The Kier molecular flexibility index (Phi) is 6.32. The molecule has 2 fully saturated rings. The Hall–Kier alpha value is -2.17. The summed E-state index contributed by atoms with van der Waals surface area (Å²) in [7, 11) is 0. The third-order valence-electron chi connectivity index (χ3n) is 6.15.